The van der Waals surface area contributed by atoms with Crippen molar-refractivity contribution in [2.75, 3.05) is 16.9 Å². The van der Waals surface area contributed by atoms with Crippen LogP contribution >= 0.6 is 0 Å². The molecule has 0 bridgehead atoms. The molecule has 0 unspecified atom stereocenters. The summed E-state index contributed by atoms with van der Waals surface area (Å²) >= 11 is 0. The van der Waals surface area contributed by atoms with E-state index in [0.717, 1.165) is 28.3 Å². The van der Waals surface area contributed by atoms with Crippen molar-refractivity contribution in [1.29, 1.82) is 0 Å². The summed E-state index contributed by atoms with van der Waals surface area (Å²) in [6.07, 6.45) is 0. The standard InChI is InChI=1S/C28H24N2O2/c1-32-25-19-17-24(18-20-25)30-27(22-13-7-3-8-14-22)26(21-11-5-2-6-12-21)29(28(30)31)23-15-9-4-10-16-23/h2-20,26-27H,1H3/t26-,27-/m1/s1. The highest BCUT2D eigenvalue weighted by molar-refractivity contribution is 6.08. The maximum absolute atomic E-state index is 14.0. The monoisotopic (exact) mass is 420 g/mol. The molecule has 32 heavy (non-hydrogen) atoms. The van der Waals surface area contributed by atoms with Gasteiger partial charge in [0.05, 0.1) is 19.2 Å². The zero-order chi connectivity index (χ0) is 21.9. The lowest BCUT2D eigenvalue weighted by Gasteiger charge is -2.29. The number of methoxy groups -OCH3 is 1. The average Bonchev–Trinajstić information content (AvgIpc) is 3.18. The molecule has 0 N–H and O–H groups in total. The number of nitrogens with zero attached hydrogens (tertiary/aromatic N) is 2. The Bertz CT molecular complexity index is 1180. The molecule has 4 aromatic carbocycles. The van der Waals surface area contributed by atoms with E-state index in [4.69, 9.17) is 4.74 Å². The normalized spacial score (nSPS) is 18.1. The van der Waals surface area contributed by atoms with Crippen molar-refractivity contribution >= 4 is 17.4 Å². The van der Waals surface area contributed by atoms with Crippen LogP contribution in [0.4, 0.5) is 16.2 Å². The summed E-state index contributed by atoms with van der Waals surface area (Å²) in [6, 6.07) is 37.7. The van der Waals surface area contributed by atoms with Crippen LogP contribution < -0.4 is 14.5 Å². The number of carbonyl (C=O) groups excluding carboxylic acids is 1. The highest BCUT2D eigenvalue weighted by atomic mass is 16.5. The zero-order valence-corrected chi connectivity index (χ0v) is 17.8. The van der Waals surface area contributed by atoms with Crippen molar-refractivity contribution in [3.63, 3.8) is 0 Å². The van der Waals surface area contributed by atoms with Crippen LogP contribution in [0.5, 0.6) is 5.75 Å². The van der Waals surface area contributed by atoms with Crippen LogP contribution in [0.1, 0.15) is 23.2 Å². The predicted molar refractivity (Wildman–Crippen MR) is 128 cm³/mol. The van der Waals surface area contributed by atoms with Gasteiger partial charge in [0.1, 0.15) is 5.75 Å². The van der Waals surface area contributed by atoms with Gasteiger partial charge in [0, 0.05) is 11.4 Å². The quantitative estimate of drug-likeness (QED) is 0.363. The zero-order valence-electron chi connectivity index (χ0n) is 17.8. The summed E-state index contributed by atoms with van der Waals surface area (Å²) in [7, 11) is 1.64. The van der Waals surface area contributed by atoms with Crippen molar-refractivity contribution in [1.82, 2.24) is 0 Å². The van der Waals surface area contributed by atoms with E-state index in [1.807, 2.05) is 101 Å². The van der Waals surface area contributed by atoms with Gasteiger partial charge in [-0.2, -0.15) is 0 Å². The van der Waals surface area contributed by atoms with Crippen molar-refractivity contribution in [3.8, 4) is 5.75 Å². The second-order valence-electron chi connectivity index (χ2n) is 7.77. The highest BCUT2D eigenvalue weighted by Crippen LogP contribution is 2.49. The van der Waals surface area contributed by atoms with E-state index < -0.39 is 0 Å². The molecule has 1 aliphatic heterocycles. The first-order valence-corrected chi connectivity index (χ1v) is 10.7. The second kappa shape index (κ2) is 8.60. The second-order valence-corrected chi connectivity index (χ2v) is 7.77. The number of hydrogen-bond donors (Lipinski definition) is 0. The smallest absolute Gasteiger partial charge is 0.330 e. The van der Waals surface area contributed by atoms with E-state index in [9.17, 15) is 4.79 Å². The summed E-state index contributed by atoms with van der Waals surface area (Å²) in [5, 5.41) is 0. The van der Waals surface area contributed by atoms with Gasteiger partial charge >= 0.3 is 6.03 Å². The number of carbonyl (C=O) groups is 1. The lowest BCUT2D eigenvalue weighted by molar-refractivity contribution is 0.255. The van der Waals surface area contributed by atoms with Crippen molar-refractivity contribution in [2.24, 2.45) is 0 Å². The molecule has 1 saturated heterocycles. The van der Waals surface area contributed by atoms with E-state index in [1.54, 1.807) is 7.11 Å². The van der Waals surface area contributed by atoms with E-state index in [0.29, 0.717) is 0 Å². The van der Waals surface area contributed by atoms with Gasteiger partial charge in [0.15, 0.2) is 0 Å². The molecule has 5 rings (SSSR count). The fourth-order valence-electron chi connectivity index (χ4n) is 4.47. The van der Waals surface area contributed by atoms with E-state index in [2.05, 4.69) is 24.3 Å². The average molecular weight is 421 g/mol. The Labute approximate surface area is 188 Å². The molecule has 1 heterocycles. The fourth-order valence-corrected chi connectivity index (χ4v) is 4.47. The maximum Gasteiger partial charge on any atom is 0.330 e. The van der Waals surface area contributed by atoms with Crippen LogP contribution in [-0.4, -0.2) is 13.1 Å². The number of amides is 2. The van der Waals surface area contributed by atoms with Crippen LogP contribution in [0, 0.1) is 0 Å². The highest BCUT2D eigenvalue weighted by Gasteiger charge is 2.48. The Morgan fingerprint density at radius 3 is 1.41 bits per heavy atom. The maximum atomic E-state index is 14.0. The van der Waals surface area contributed by atoms with Gasteiger partial charge in [-0.15, -0.1) is 0 Å². The lowest BCUT2D eigenvalue weighted by Crippen LogP contribution is -2.32. The summed E-state index contributed by atoms with van der Waals surface area (Å²) < 4.78 is 5.34. The summed E-state index contributed by atoms with van der Waals surface area (Å²) in [6.45, 7) is 0. The molecule has 2 amide bonds. The van der Waals surface area contributed by atoms with Gasteiger partial charge in [-0.1, -0.05) is 78.9 Å². The van der Waals surface area contributed by atoms with E-state index >= 15 is 0 Å². The van der Waals surface area contributed by atoms with Crippen LogP contribution in [0.15, 0.2) is 115 Å². The Morgan fingerprint density at radius 1 is 0.562 bits per heavy atom. The minimum absolute atomic E-state index is 0.0518. The molecular weight excluding hydrogens is 396 g/mol. The molecule has 4 nitrogen and oxygen atoms in total. The number of urea groups is 1. The van der Waals surface area contributed by atoms with Crippen LogP contribution in [-0.2, 0) is 0 Å². The first-order chi connectivity index (χ1) is 15.8. The van der Waals surface area contributed by atoms with Crippen LogP contribution in [0.25, 0.3) is 0 Å². The SMILES string of the molecule is COc1ccc(N2C(=O)N(c3ccccc3)[C@H](c3ccccc3)[C@H]2c2ccccc2)cc1. The molecule has 1 aliphatic rings. The molecule has 158 valence electrons. The van der Waals surface area contributed by atoms with Gasteiger partial charge in [-0.25, -0.2) is 4.79 Å². The molecule has 1 fully saturated rings. The van der Waals surface area contributed by atoms with Crippen LogP contribution in [0.2, 0.25) is 0 Å². The number of anilines is 2. The fraction of sp³-hybridized carbons (Fsp3) is 0.107. The molecule has 4 heteroatoms. The van der Waals surface area contributed by atoms with Crippen molar-refractivity contribution in [2.45, 2.75) is 12.1 Å². The number of rotatable bonds is 5. The number of hydrogen-bond acceptors (Lipinski definition) is 2. The van der Waals surface area contributed by atoms with Gasteiger partial charge in [0.2, 0.25) is 0 Å². The third-order valence-electron chi connectivity index (χ3n) is 5.93. The van der Waals surface area contributed by atoms with Gasteiger partial charge in [0.25, 0.3) is 0 Å². The lowest BCUT2D eigenvalue weighted by atomic mass is 9.92. The van der Waals surface area contributed by atoms with E-state index in [-0.39, 0.29) is 18.1 Å². The van der Waals surface area contributed by atoms with Crippen molar-refractivity contribution in [3.05, 3.63) is 126 Å². The molecule has 0 aromatic heterocycles. The molecule has 0 aliphatic carbocycles. The molecule has 0 spiro atoms. The Balaban J connectivity index is 1.72. The minimum Gasteiger partial charge on any atom is -0.497 e. The largest absolute Gasteiger partial charge is 0.497 e. The third-order valence-corrected chi connectivity index (χ3v) is 5.93. The Morgan fingerprint density at radius 2 is 0.969 bits per heavy atom. The Hall–Kier alpha value is -4.05. The van der Waals surface area contributed by atoms with Gasteiger partial charge in [-0.3, -0.25) is 9.80 Å². The third kappa shape index (κ3) is 3.50. The van der Waals surface area contributed by atoms with E-state index in [1.165, 1.54) is 0 Å². The Kier molecular flexibility index (Phi) is 5.34. The summed E-state index contributed by atoms with van der Waals surface area (Å²) in [4.78, 5) is 17.9. The molecule has 4 aromatic rings. The molecule has 0 saturated carbocycles. The molecular formula is C28H24N2O2. The topological polar surface area (TPSA) is 32.8 Å². The first-order valence-electron chi connectivity index (χ1n) is 10.7. The van der Waals surface area contributed by atoms with Gasteiger partial charge in [-0.05, 0) is 47.5 Å². The minimum atomic E-state index is -0.195. The number of ether oxygens (including phenoxy) is 1. The molecule has 2 atom stereocenters. The summed E-state index contributed by atoms with van der Waals surface area (Å²) in [5.74, 6) is 0.760. The predicted octanol–water partition coefficient (Wildman–Crippen LogP) is 6.62. The first kappa shape index (κ1) is 19.9. The molecule has 0 radical (unpaired) electrons. The number of para-hydroxylation sites is 1. The van der Waals surface area contributed by atoms with Gasteiger partial charge < -0.3 is 4.74 Å². The van der Waals surface area contributed by atoms with Crippen molar-refractivity contribution < 1.29 is 9.53 Å². The summed E-state index contributed by atoms with van der Waals surface area (Å²) in [5.41, 5.74) is 3.89. The number of benzene rings is 4. The van der Waals surface area contributed by atoms with Crippen LogP contribution in [0.3, 0.4) is 0 Å².